The van der Waals surface area contributed by atoms with Gasteiger partial charge in [0.2, 0.25) is 13.9 Å². The van der Waals surface area contributed by atoms with Crippen molar-refractivity contribution in [3.8, 4) is 11.4 Å². The minimum absolute atomic E-state index is 0.0924. The number of rotatable bonds is 2. The molecular formula is C12H4Cl6N3O. The lowest BCUT2D eigenvalue weighted by Gasteiger charge is -2.15. The third-order valence-corrected chi connectivity index (χ3v) is 3.40. The molecule has 1 heterocycles. The van der Waals surface area contributed by atoms with Crippen LogP contribution in [0.3, 0.4) is 0 Å². The highest BCUT2D eigenvalue weighted by Crippen LogP contribution is 2.40. The normalized spacial score (nSPS) is 12.3. The van der Waals surface area contributed by atoms with Crippen molar-refractivity contribution < 1.29 is 4.79 Å². The lowest BCUT2D eigenvalue weighted by atomic mass is 10.1. The SMILES string of the molecule is O=[C]c1cccc(-c2nc(C(Cl)(Cl)Cl)nc(C(Cl)(Cl)Cl)n2)c1. The summed E-state index contributed by atoms with van der Waals surface area (Å²) in [5.74, 6) is -0.316. The largest absolute Gasteiger partial charge is 0.285 e. The second kappa shape index (κ2) is 6.63. The summed E-state index contributed by atoms with van der Waals surface area (Å²) in [5, 5.41) is 0. The topological polar surface area (TPSA) is 55.7 Å². The van der Waals surface area contributed by atoms with Crippen LogP contribution in [-0.4, -0.2) is 21.2 Å². The van der Waals surface area contributed by atoms with Crippen LogP contribution in [0.2, 0.25) is 0 Å². The van der Waals surface area contributed by atoms with E-state index in [1.54, 1.807) is 24.5 Å². The van der Waals surface area contributed by atoms with Gasteiger partial charge in [0.1, 0.15) is 0 Å². The zero-order valence-electron chi connectivity index (χ0n) is 10.3. The van der Waals surface area contributed by atoms with Gasteiger partial charge in [-0.2, -0.15) is 0 Å². The predicted octanol–water partition coefficient (Wildman–Crippen LogP) is 4.65. The van der Waals surface area contributed by atoms with E-state index < -0.39 is 7.59 Å². The van der Waals surface area contributed by atoms with Crippen molar-refractivity contribution in [2.75, 3.05) is 0 Å². The van der Waals surface area contributed by atoms with E-state index in [1.165, 1.54) is 6.07 Å². The molecule has 0 aliphatic rings. The highest BCUT2D eigenvalue weighted by atomic mass is 35.6. The molecule has 0 bridgehead atoms. The molecule has 2 rings (SSSR count). The van der Waals surface area contributed by atoms with Crippen molar-refractivity contribution in [2.45, 2.75) is 7.59 Å². The molecule has 1 radical (unpaired) electrons. The van der Waals surface area contributed by atoms with Gasteiger partial charge in [-0.05, 0) is 6.07 Å². The van der Waals surface area contributed by atoms with E-state index in [0.29, 0.717) is 11.1 Å². The zero-order chi connectivity index (χ0) is 16.5. The standard InChI is InChI=1S/C12H4Cl6N3O/c13-11(14,15)9-19-8(20-10(21-9)12(16,17)18)7-3-1-2-6(4-7)5-22/h1-4H. The summed E-state index contributed by atoms with van der Waals surface area (Å²) in [7, 11) is 0. The number of nitrogens with zero attached hydrogens (tertiary/aromatic N) is 3. The molecule has 0 aliphatic heterocycles. The Labute approximate surface area is 155 Å². The fourth-order valence-corrected chi connectivity index (χ4v) is 1.99. The highest BCUT2D eigenvalue weighted by Gasteiger charge is 2.34. The molecule has 1 aromatic heterocycles. The Hall–Kier alpha value is -0.360. The first-order chi connectivity index (χ1) is 10.1. The first kappa shape index (κ1) is 18.0. The van der Waals surface area contributed by atoms with Crippen LogP contribution in [0, 0.1) is 0 Å². The van der Waals surface area contributed by atoms with Crippen LogP contribution in [0.5, 0.6) is 0 Å². The first-order valence-corrected chi connectivity index (χ1v) is 7.77. The molecule has 0 saturated heterocycles. The molecule has 0 unspecified atom stereocenters. The van der Waals surface area contributed by atoms with E-state index in [2.05, 4.69) is 15.0 Å². The van der Waals surface area contributed by atoms with Gasteiger partial charge in [0, 0.05) is 11.1 Å². The second-order valence-corrected chi connectivity index (χ2v) is 8.55. The van der Waals surface area contributed by atoms with Crippen LogP contribution in [0.25, 0.3) is 11.4 Å². The molecule has 10 heteroatoms. The molecule has 0 saturated carbocycles. The van der Waals surface area contributed by atoms with Gasteiger partial charge >= 0.3 is 0 Å². The van der Waals surface area contributed by atoms with Crippen molar-refractivity contribution in [1.29, 1.82) is 0 Å². The van der Waals surface area contributed by atoms with Crippen LogP contribution in [-0.2, 0) is 12.4 Å². The summed E-state index contributed by atoms with van der Waals surface area (Å²) in [6.07, 6.45) is 1.75. The number of aromatic nitrogens is 3. The average molecular weight is 419 g/mol. The summed E-state index contributed by atoms with van der Waals surface area (Å²) >= 11 is 34.7. The molecule has 115 valence electrons. The Morgan fingerprint density at radius 3 is 1.86 bits per heavy atom. The van der Waals surface area contributed by atoms with Crippen molar-refractivity contribution in [3.05, 3.63) is 41.5 Å². The van der Waals surface area contributed by atoms with Crippen LogP contribution in [0.1, 0.15) is 17.2 Å². The van der Waals surface area contributed by atoms with Crippen LogP contribution in [0.4, 0.5) is 0 Å². The Morgan fingerprint density at radius 1 is 0.864 bits per heavy atom. The zero-order valence-corrected chi connectivity index (χ0v) is 14.9. The van der Waals surface area contributed by atoms with Gasteiger partial charge in [-0.25, -0.2) is 15.0 Å². The summed E-state index contributed by atoms with van der Waals surface area (Å²) < 4.78 is -3.87. The number of hydrogen-bond acceptors (Lipinski definition) is 4. The van der Waals surface area contributed by atoms with E-state index in [4.69, 9.17) is 69.6 Å². The van der Waals surface area contributed by atoms with Gasteiger partial charge in [0.15, 0.2) is 17.5 Å². The minimum atomic E-state index is -1.93. The summed E-state index contributed by atoms with van der Waals surface area (Å²) in [5.41, 5.74) is 0.748. The number of benzene rings is 1. The summed E-state index contributed by atoms with van der Waals surface area (Å²) in [6, 6.07) is 6.31. The Kier molecular flexibility index (Phi) is 5.42. The van der Waals surface area contributed by atoms with Crippen LogP contribution in [0.15, 0.2) is 24.3 Å². The van der Waals surface area contributed by atoms with Crippen molar-refractivity contribution in [3.63, 3.8) is 0 Å². The van der Waals surface area contributed by atoms with Gasteiger partial charge in [-0.3, -0.25) is 4.79 Å². The molecule has 0 fully saturated rings. The molecule has 0 aliphatic carbocycles. The maximum Gasteiger partial charge on any atom is 0.250 e. The van der Waals surface area contributed by atoms with Crippen LogP contribution < -0.4 is 0 Å². The second-order valence-electron chi connectivity index (χ2n) is 3.98. The molecular weight excluding hydrogens is 415 g/mol. The Bertz CT molecular complexity index is 678. The van der Waals surface area contributed by atoms with Gasteiger partial charge in [-0.1, -0.05) is 87.8 Å². The van der Waals surface area contributed by atoms with Gasteiger partial charge in [0.05, 0.1) is 0 Å². The molecule has 4 nitrogen and oxygen atoms in total. The van der Waals surface area contributed by atoms with Crippen LogP contribution >= 0.6 is 69.6 Å². The van der Waals surface area contributed by atoms with Gasteiger partial charge in [-0.15, -0.1) is 0 Å². The minimum Gasteiger partial charge on any atom is -0.285 e. The Morgan fingerprint density at radius 2 is 1.41 bits per heavy atom. The molecule has 0 atom stereocenters. The monoisotopic (exact) mass is 416 g/mol. The maximum atomic E-state index is 10.7. The number of alkyl halides is 6. The lowest BCUT2D eigenvalue weighted by molar-refractivity contribution is 0.563. The number of halogens is 6. The van der Waals surface area contributed by atoms with Crippen molar-refractivity contribution in [1.82, 2.24) is 15.0 Å². The quantitative estimate of drug-likeness (QED) is 0.666. The molecule has 0 N–H and O–H groups in total. The highest BCUT2D eigenvalue weighted by molar-refractivity contribution is 6.67. The van der Waals surface area contributed by atoms with E-state index in [9.17, 15) is 4.79 Å². The first-order valence-electron chi connectivity index (χ1n) is 5.50. The summed E-state index contributed by atoms with van der Waals surface area (Å²) in [4.78, 5) is 22.7. The average Bonchev–Trinajstić information content (AvgIpc) is 2.45. The van der Waals surface area contributed by atoms with E-state index in [0.717, 1.165) is 0 Å². The van der Waals surface area contributed by atoms with E-state index in [1.807, 2.05) is 0 Å². The third-order valence-electron chi connectivity index (χ3n) is 2.38. The maximum absolute atomic E-state index is 10.7. The molecule has 2 aromatic rings. The van der Waals surface area contributed by atoms with E-state index >= 15 is 0 Å². The summed E-state index contributed by atoms with van der Waals surface area (Å²) in [6.45, 7) is 0. The number of hydrogen-bond donors (Lipinski definition) is 0. The fraction of sp³-hybridized carbons (Fsp3) is 0.167. The number of carbonyl (C=O) groups excluding carboxylic acids is 1. The van der Waals surface area contributed by atoms with Crippen molar-refractivity contribution >= 4 is 75.9 Å². The van der Waals surface area contributed by atoms with Gasteiger partial charge < -0.3 is 0 Å². The molecule has 0 spiro atoms. The lowest BCUT2D eigenvalue weighted by Crippen LogP contribution is -2.16. The molecule has 22 heavy (non-hydrogen) atoms. The molecule has 1 aromatic carbocycles. The van der Waals surface area contributed by atoms with Crippen molar-refractivity contribution in [2.24, 2.45) is 0 Å². The smallest absolute Gasteiger partial charge is 0.250 e. The molecule has 0 amide bonds. The van der Waals surface area contributed by atoms with E-state index in [-0.39, 0.29) is 17.5 Å². The third kappa shape index (κ3) is 4.34. The Balaban J connectivity index is 2.67. The predicted molar refractivity (Wildman–Crippen MR) is 88.5 cm³/mol. The fourth-order valence-electron chi connectivity index (χ4n) is 1.48. The van der Waals surface area contributed by atoms with Gasteiger partial charge in [0.25, 0.3) is 0 Å².